The molecule has 10 heteroatoms. The third kappa shape index (κ3) is 7.60. The molecule has 1 aromatic heterocycles. The molecule has 0 aliphatic carbocycles. The van der Waals surface area contributed by atoms with Crippen LogP contribution in [0.4, 0.5) is 23.2 Å². The van der Waals surface area contributed by atoms with E-state index >= 15 is 0 Å². The van der Waals surface area contributed by atoms with Gasteiger partial charge in [0.1, 0.15) is 0 Å². The van der Waals surface area contributed by atoms with E-state index in [1.807, 2.05) is 6.07 Å². The Hall–Kier alpha value is -2.23. The van der Waals surface area contributed by atoms with Gasteiger partial charge in [-0.1, -0.05) is 40.2 Å². The van der Waals surface area contributed by atoms with Crippen molar-refractivity contribution in [3.05, 3.63) is 52.9 Å². The van der Waals surface area contributed by atoms with E-state index in [-0.39, 0.29) is 31.0 Å². The number of anilines is 1. The van der Waals surface area contributed by atoms with E-state index < -0.39 is 17.9 Å². The van der Waals surface area contributed by atoms with Gasteiger partial charge in [-0.25, -0.2) is 4.39 Å². The van der Waals surface area contributed by atoms with E-state index in [4.69, 9.17) is 0 Å². The highest BCUT2D eigenvalue weighted by atomic mass is 79.9. The van der Waals surface area contributed by atoms with E-state index in [2.05, 4.69) is 37.2 Å². The Morgan fingerprint density at radius 1 is 1.21 bits per heavy atom. The fourth-order valence-electron chi connectivity index (χ4n) is 2.62. The first-order valence-electron chi connectivity index (χ1n) is 8.96. The summed E-state index contributed by atoms with van der Waals surface area (Å²) in [4.78, 5) is 17.4. The van der Waals surface area contributed by atoms with E-state index in [9.17, 15) is 22.4 Å². The van der Waals surface area contributed by atoms with Gasteiger partial charge in [0.05, 0.1) is 5.83 Å². The van der Waals surface area contributed by atoms with Gasteiger partial charge in [0.2, 0.25) is 5.91 Å². The van der Waals surface area contributed by atoms with Gasteiger partial charge >= 0.3 is 12.1 Å². The Balaban J connectivity index is 1.88. The number of amides is 1. The molecule has 1 aromatic carbocycles. The van der Waals surface area contributed by atoms with Crippen molar-refractivity contribution in [2.45, 2.75) is 44.7 Å². The van der Waals surface area contributed by atoms with Crippen LogP contribution in [0.15, 0.2) is 45.7 Å². The Morgan fingerprint density at radius 3 is 2.59 bits per heavy atom. The maximum atomic E-state index is 12.9. The number of benzene rings is 1. The largest absolute Gasteiger partial charge is 0.471 e. The second-order valence-corrected chi connectivity index (χ2v) is 7.28. The molecule has 0 saturated carbocycles. The number of nitrogens with zero attached hydrogens (tertiary/aromatic N) is 3. The summed E-state index contributed by atoms with van der Waals surface area (Å²) >= 11 is 3.36. The zero-order valence-corrected chi connectivity index (χ0v) is 17.1. The van der Waals surface area contributed by atoms with Crippen LogP contribution in [-0.4, -0.2) is 22.6 Å². The quantitative estimate of drug-likeness (QED) is 0.317. The molecule has 0 radical (unpaired) electrons. The molecule has 158 valence electrons. The first kappa shape index (κ1) is 23.1. The lowest BCUT2D eigenvalue weighted by atomic mass is 10.1. The maximum Gasteiger partial charge on any atom is 0.471 e. The van der Waals surface area contributed by atoms with Crippen LogP contribution in [0.1, 0.15) is 43.8 Å². The highest BCUT2D eigenvalue weighted by Gasteiger charge is 2.38. The average molecular weight is 478 g/mol. The van der Waals surface area contributed by atoms with Crippen molar-refractivity contribution in [1.82, 2.24) is 10.1 Å². The van der Waals surface area contributed by atoms with Crippen LogP contribution in [0.3, 0.4) is 0 Å². The molecule has 0 atom stereocenters. The van der Waals surface area contributed by atoms with Crippen LogP contribution < -0.4 is 4.90 Å². The minimum absolute atomic E-state index is 0.00120. The SMILES string of the molecule is C=C(F)CCC(=O)N(CCCCCc1noc(C(F)(F)F)n1)c1cccc(Br)c1. The lowest BCUT2D eigenvalue weighted by Crippen LogP contribution is -2.31. The molecule has 29 heavy (non-hydrogen) atoms. The average Bonchev–Trinajstić information content (AvgIpc) is 3.12. The summed E-state index contributed by atoms with van der Waals surface area (Å²) in [6, 6.07) is 7.20. The maximum absolute atomic E-state index is 12.9. The van der Waals surface area contributed by atoms with Crippen molar-refractivity contribution in [3.63, 3.8) is 0 Å². The number of aromatic nitrogens is 2. The molecule has 2 rings (SSSR count). The molecular formula is C19H20BrF4N3O2. The number of allylic oxidation sites excluding steroid dienone is 1. The topological polar surface area (TPSA) is 59.2 Å². The van der Waals surface area contributed by atoms with E-state index in [0.29, 0.717) is 31.5 Å². The number of carbonyl (C=O) groups excluding carboxylic acids is 1. The van der Waals surface area contributed by atoms with Crippen molar-refractivity contribution in [2.75, 3.05) is 11.4 Å². The number of alkyl halides is 3. The molecule has 2 aromatic rings. The summed E-state index contributed by atoms with van der Waals surface area (Å²) in [5, 5.41) is 3.32. The highest BCUT2D eigenvalue weighted by molar-refractivity contribution is 9.10. The molecule has 0 spiro atoms. The second kappa shape index (κ2) is 10.5. The van der Waals surface area contributed by atoms with Gasteiger partial charge in [-0.05, 0) is 31.0 Å². The molecule has 0 N–H and O–H groups in total. The monoisotopic (exact) mass is 477 g/mol. The summed E-state index contributed by atoms with van der Waals surface area (Å²) in [6.07, 6.45) is -2.65. The van der Waals surface area contributed by atoms with Gasteiger partial charge in [-0.3, -0.25) is 4.79 Å². The van der Waals surface area contributed by atoms with Crippen LogP contribution in [0, 0.1) is 0 Å². The minimum atomic E-state index is -4.65. The Morgan fingerprint density at radius 2 is 1.97 bits per heavy atom. The number of hydrogen-bond donors (Lipinski definition) is 0. The summed E-state index contributed by atoms with van der Waals surface area (Å²) in [5.41, 5.74) is 0.682. The smallest absolute Gasteiger partial charge is 0.329 e. The van der Waals surface area contributed by atoms with E-state index in [1.165, 1.54) is 0 Å². The molecule has 0 aliphatic rings. The van der Waals surface area contributed by atoms with Gasteiger partial charge in [0.15, 0.2) is 5.82 Å². The predicted octanol–water partition coefficient (Wildman–Crippen LogP) is 5.86. The zero-order valence-electron chi connectivity index (χ0n) is 15.5. The lowest BCUT2D eigenvalue weighted by Gasteiger charge is -2.23. The van der Waals surface area contributed by atoms with Crippen LogP contribution >= 0.6 is 15.9 Å². The Kier molecular flexibility index (Phi) is 8.36. The van der Waals surface area contributed by atoms with Gasteiger partial charge in [0, 0.05) is 36.0 Å². The van der Waals surface area contributed by atoms with Gasteiger partial charge in [0.25, 0.3) is 0 Å². The fourth-order valence-corrected chi connectivity index (χ4v) is 3.01. The summed E-state index contributed by atoms with van der Waals surface area (Å²) in [7, 11) is 0. The fraction of sp³-hybridized carbons (Fsp3) is 0.421. The standard InChI is InChI=1S/C19H20BrF4N3O2/c1-13(21)9-10-17(28)27(15-7-5-6-14(20)12-15)11-4-2-3-8-16-25-18(29-26-16)19(22,23)24/h5-7,12H,1-4,8-11H2. The van der Waals surface area contributed by atoms with E-state index in [1.54, 1.807) is 23.1 Å². The first-order valence-corrected chi connectivity index (χ1v) is 9.75. The molecule has 1 amide bonds. The van der Waals surface area contributed by atoms with Gasteiger partial charge < -0.3 is 9.42 Å². The molecule has 0 unspecified atom stereocenters. The van der Waals surface area contributed by atoms with Crippen molar-refractivity contribution in [1.29, 1.82) is 0 Å². The zero-order chi connectivity index (χ0) is 21.4. The summed E-state index contributed by atoms with van der Waals surface area (Å²) < 4.78 is 55.2. The van der Waals surface area contributed by atoms with Crippen LogP contribution in [0.25, 0.3) is 0 Å². The Bertz CT molecular complexity index is 839. The Labute approximate surface area is 173 Å². The number of unbranched alkanes of at least 4 members (excludes halogenated alkanes) is 2. The van der Waals surface area contributed by atoms with Crippen LogP contribution in [-0.2, 0) is 17.4 Å². The highest BCUT2D eigenvalue weighted by Crippen LogP contribution is 2.27. The number of hydrogen-bond acceptors (Lipinski definition) is 4. The normalized spacial score (nSPS) is 11.5. The molecule has 5 nitrogen and oxygen atoms in total. The third-order valence-corrected chi connectivity index (χ3v) is 4.52. The summed E-state index contributed by atoms with van der Waals surface area (Å²) in [6.45, 7) is 3.57. The van der Waals surface area contributed by atoms with Crippen molar-refractivity contribution in [3.8, 4) is 0 Å². The predicted molar refractivity (Wildman–Crippen MR) is 103 cm³/mol. The minimum Gasteiger partial charge on any atom is -0.329 e. The molecule has 0 fully saturated rings. The number of carbonyl (C=O) groups is 1. The lowest BCUT2D eigenvalue weighted by molar-refractivity contribution is -0.159. The summed E-state index contributed by atoms with van der Waals surface area (Å²) in [5.74, 6) is -2.13. The van der Waals surface area contributed by atoms with Gasteiger partial charge in [-0.15, -0.1) is 0 Å². The molecule has 0 saturated heterocycles. The molecular weight excluding hydrogens is 458 g/mol. The van der Waals surface area contributed by atoms with Crippen molar-refractivity contribution in [2.24, 2.45) is 0 Å². The first-order chi connectivity index (χ1) is 13.7. The van der Waals surface area contributed by atoms with E-state index in [0.717, 1.165) is 4.47 Å². The number of aryl methyl sites for hydroxylation is 1. The van der Waals surface area contributed by atoms with Crippen LogP contribution in [0.2, 0.25) is 0 Å². The molecule has 0 aliphatic heterocycles. The number of halogens is 5. The van der Waals surface area contributed by atoms with Crippen molar-refractivity contribution >= 4 is 27.5 Å². The second-order valence-electron chi connectivity index (χ2n) is 6.37. The van der Waals surface area contributed by atoms with Gasteiger partial charge in [-0.2, -0.15) is 18.2 Å². The molecule has 0 bridgehead atoms. The van der Waals surface area contributed by atoms with Crippen LogP contribution in [0.5, 0.6) is 0 Å². The number of rotatable bonds is 10. The third-order valence-electron chi connectivity index (χ3n) is 4.02. The molecule has 1 heterocycles. The van der Waals surface area contributed by atoms with Crippen molar-refractivity contribution < 1.29 is 26.9 Å².